The molecule has 2 rings (SSSR count). The van der Waals surface area contributed by atoms with Crippen molar-refractivity contribution in [1.82, 2.24) is 9.62 Å². The fraction of sp³-hybridized carbons (Fsp3) is 0.588. The maximum absolute atomic E-state index is 12.3. The number of hydrogen-bond donors (Lipinski definition) is 1. The minimum absolute atomic E-state index is 0.156. The fourth-order valence-electron chi connectivity index (χ4n) is 2.73. The van der Waals surface area contributed by atoms with Crippen LogP contribution in [0.2, 0.25) is 10.0 Å². The molecule has 1 heterocycles. The first-order chi connectivity index (χ1) is 12.0. The van der Waals surface area contributed by atoms with Crippen LogP contribution in [-0.4, -0.2) is 44.1 Å². The zero-order valence-corrected chi connectivity index (χ0v) is 17.4. The molecule has 1 aromatic carbocycles. The van der Waals surface area contributed by atoms with Gasteiger partial charge in [0.15, 0.2) is 0 Å². The van der Waals surface area contributed by atoms with Crippen molar-refractivity contribution in [2.24, 2.45) is 0 Å². The third-order valence-corrected chi connectivity index (χ3v) is 5.94. The third kappa shape index (κ3) is 6.30. The summed E-state index contributed by atoms with van der Waals surface area (Å²) in [5, 5.41) is 0.686. The van der Waals surface area contributed by atoms with Gasteiger partial charge in [-0.25, -0.2) is 17.9 Å². The van der Waals surface area contributed by atoms with Crippen LogP contribution < -0.4 is 4.72 Å². The van der Waals surface area contributed by atoms with Gasteiger partial charge in [0.2, 0.25) is 10.0 Å². The second-order valence-corrected chi connectivity index (χ2v) is 9.95. The van der Waals surface area contributed by atoms with Gasteiger partial charge in [0.25, 0.3) is 0 Å². The van der Waals surface area contributed by atoms with E-state index in [0.29, 0.717) is 22.2 Å². The monoisotopic (exact) mass is 422 g/mol. The molecule has 1 aliphatic rings. The number of hydrogen-bond acceptors (Lipinski definition) is 4. The van der Waals surface area contributed by atoms with E-state index >= 15 is 0 Å². The van der Waals surface area contributed by atoms with Crippen molar-refractivity contribution in [2.45, 2.75) is 51.0 Å². The standard InChI is InChI=1S/C17H24Cl2N2O4S/c1-17(2,3)25-16(22)21-8-4-5-13(21)10-20-26(23,24)11-12-6-7-14(18)15(19)9-12/h6-7,9,13,20H,4-5,8,10-11H2,1-3H3/t13-/m1/s1. The summed E-state index contributed by atoms with van der Waals surface area (Å²) in [6.45, 7) is 6.12. The Hall–Kier alpha value is -1.02. The van der Waals surface area contributed by atoms with Crippen LogP contribution in [0.15, 0.2) is 18.2 Å². The highest BCUT2D eigenvalue weighted by Gasteiger charge is 2.32. The summed E-state index contributed by atoms with van der Waals surface area (Å²) in [6.07, 6.45) is 1.14. The molecule has 1 N–H and O–H groups in total. The first kappa shape index (κ1) is 21.3. The summed E-state index contributed by atoms with van der Waals surface area (Å²) in [7, 11) is -3.57. The second-order valence-electron chi connectivity index (χ2n) is 7.33. The molecule has 0 unspecified atom stereocenters. The zero-order valence-electron chi connectivity index (χ0n) is 15.1. The average molecular weight is 423 g/mol. The van der Waals surface area contributed by atoms with Crippen LogP contribution in [0, 0.1) is 0 Å². The highest BCUT2D eigenvalue weighted by molar-refractivity contribution is 7.88. The number of nitrogens with one attached hydrogen (secondary N) is 1. The van der Waals surface area contributed by atoms with Gasteiger partial charge < -0.3 is 9.64 Å². The van der Waals surface area contributed by atoms with Crippen molar-refractivity contribution >= 4 is 39.3 Å². The van der Waals surface area contributed by atoms with E-state index < -0.39 is 21.7 Å². The molecule has 1 aromatic rings. The van der Waals surface area contributed by atoms with Crippen LogP contribution in [-0.2, 0) is 20.5 Å². The van der Waals surface area contributed by atoms with Crippen LogP contribution in [0.25, 0.3) is 0 Å². The molecule has 0 saturated carbocycles. The number of halogens is 2. The van der Waals surface area contributed by atoms with Crippen LogP contribution >= 0.6 is 23.2 Å². The summed E-state index contributed by atoms with van der Waals surface area (Å²) >= 11 is 11.8. The Morgan fingerprint density at radius 1 is 1.31 bits per heavy atom. The smallest absolute Gasteiger partial charge is 0.410 e. The number of amides is 1. The molecule has 0 bridgehead atoms. The molecule has 1 aliphatic heterocycles. The summed E-state index contributed by atoms with van der Waals surface area (Å²) in [4.78, 5) is 13.8. The van der Waals surface area contributed by atoms with Gasteiger partial charge in [-0.3, -0.25) is 0 Å². The lowest BCUT2D eigenvalue weighted by molar-refractivity contribution is 0.0229. The SMILES string of the molecule is CC(C)(C)OC(=O)N1CCC[C@@H]1CNS(=O)(=O)Cc1ccc(Cl)c(Cl)c1. The number of carbonyl (C=O) groups is 1. The third-order valence-electron chi connectivity index (χ3n) is 3.88. The molecule has 26 heavy (non-hydrogen) atoms. The molecule has 1 saturated heterocycles. The molecule has 0 spiro atoms. The molecule has 6 nitrogen and oxygen atoms in total. The van der Waals surface area contributed by atoms with E-state index in [1.54, 1.807) is 37.8 Å². The number of carbonyl (C=O) groups excluding carboxylic acids is 1. The maximum Gasteiger partial charge on any atom is 0.410 e. The van der Waals surface area contributed by atoms with Crippen molar-refractivity contribution in [2.75, 3.05) is 13.1 Å². The predicted molar refractivity (Wildman–Crippen MR) is 103 cm³/mol. The van der Waals surface area contributed by atoms with Gasteiger partial charge in [-0.15, -0.1) is 0 Å². The van der Waals surface area contributed by atoms with Crippen LogP contribution in [0.3, 0.4) is 0 Å². The molecule has 1 atom stereocenters. The first-order valence-electron chi connectivity index (χ1n) is 8.38. The Balaban J connectivity index is 1.95. The van der Waals surface area contributed by atoms with Gasteiger partial charge in [-0.1, -0.05) is 29.3 Å². The Labute approximate surface area is 164 Å². The van der Waals surface area contributed by atoms with Crippen molar-refractivity contribution in [3.63, 3.8) is 0 Å². The second kappa shape index (κ2) is 8.33. The summed E-state index contributed by atoms with van der Waals surface area (Å²) in [5.74, 6) is -0.205. The minimum atomic E-state index is -3.57. The normalized spacial score (nSPS) is 18.2. The Kier molecular flexibility index (Phi) is 6.82. The van der Waals surface area contributed by atoms with Crippen molar-refractivity contribution < 1.29 is 17.9 Å². The number of benzene rings is 1. The lowest BCUT2D eigenvalue weighted by atomic mass is 10.2. The minimum Gasteiger partial charge on any atom is -0.444 e. The molecular weight excluding hydrogens is 399 g/mol. The van der Waals surface area contributed by atoms with E-state index in [1.165, 1.54) is 6.07 Å². The Bertz CT molecular complexity index is 763. The predicted octanol–water partition coefficient (Wildman–Crippen LogP) is 3.81. The van der Waals surface area contributed by atoms with Gasteiger partial charge in [0.1, 0.15) is 5.60 Å². The number of sulfonamides is 1. The van der Waals surface area contributed by atoms with E-state index in [-0.39, 0.29) is 18.3 Å². The van der Waals surface area contributed by atoms with Crippen LogP contribution in [0.4, 0.5) is 4.79 Å². The van der Waals surface area contributed by atoms with Gasteiger partial charge in [-0.05, 0) is 51.3 Å². The van der Waals surface area contributed by atoms with Crippen molar-refractivity contribution in [3.8, 4) is 0 Å². The molecule has 0 aromatic heterocycles. The molecular formula is C17H24Cl2N2O4S. The maximum atomic E-state index is 12.3. The molecule has 9 heteroatoms. The number of nitrogens with zero attached hydrogens (tertiary/aromatic N) is 1. The summed E-state index contributed by atoms with van der Waals surface area (Å²) < 4.78 is 32.6. The molecule has 146 valence electrons. The molecule has 1 amide bonds. The average Bonchev–Trinajstić information content (AvgIpc) is 2.96. The summed E-state index contributed by atoms with van der Waals surface area (Å²) in [6, 6.07) is 4.51. The lowest BCUT2D eigenvalue weighted by Gasteiger charge is -2.28. The van der Waals surface area contributed by atoms with Gasteiger partial charge in [0.05, 0.1) is 15.8 Å². The lowest BCUT2D eigenvalue weighted by Crippen LogP contribution is -2.45. The van der Waals surface area contributed by atoms with Gasteiger partial charge >= 0.3 is 6.09 Å². The topological polar surface area (TPSA) is 75.7 Å². The summed E-state index contributed by atoms with van der Waals surface area (Å²) in [5.41, 5.74) is -0.0419. The quantitative estimate of drug-likeness (QED) is 0.782. The van der Waals surface area contributed by atoms with E-state index in [0.717, 1.165) is 12.8 Å². The van der Waals surface area contributed by atoms with Gasteiger partial charge in [0, 0.05) is 19.1 Å². The van der Waals surface area contributed by atoms with E-state index in [4.69, 9.17) is 27.9 Å². The largest absolute Gasteiger partial charge is 0.444 e. The Morgan fingerprint density at radius 3 is 2.62 bits per heavy atom. The van der Waals surface area contributed by atoms with Crippen molar-refractivity contribution in [3.05, 3.63) is 33.8 Å². The number of ether oxygens (including phenoxy) is 1. The van der Waals surface area contributed by atoms with Crippen LogP contribution in [0.1, 0.15) is 39.2 Å². The molecule has 0 radical (unpaired) electrons. The number of likely N-dealkylation sites (tertiary alicyclic amines) is 1. The zero-order chi connectivity index (χ0) is 19.5. The first-order valence-corrected chi connectivity index (χ1v) is 10.8. The molecule has 0 aliphatic carbocycles. The number of rotatable bonds is 5. The van der Waals surface area contributed by atoms with Crippen molar-refractivity contribution in [1.29, 1.82) is 0 Å². The van der Waals surface area contributed by atoms with Crippen LogP contribution in [0.5, 0.6) is 0 Å². The van der Waals surface area contributed by atoms with E-state index in [2.05, 4.69) is 4.72 Å². The fourth-order valence-corrected chi connectivity index (χ4v) is 4.22. The van der Waals surface area contributed by atoms with E-state index in [1.807, 2.05) is 0 Å². The van der Waals surface area contributed by atoms with Gasteiger partial charge in [-0.2, -0.15) is 0 Å². The Morgan fingerprint density at radius 2 is 2.00 bits per heavy atom. The molecule has 1 fully saturated rings. The highest BCUT2D eigenvalue weighted by atomic mass is 35.5. The van der Waals surface area contributed by atoms with E-state index in [9.17, 15) is 13.2 Å². The highest BCUT2D eigenvalue weighted by Crippen LogP contribution is 2.24.